The van der Waals surface area contributed by atoms with Crippen LogP contribution in [0.5, 0.6) is 5.75 Å². The lowest BCUT2D eigenvalue weighted by atomic mass is 10.0. The highest BCUT2D eigenvalue weighted by atomic mass is 16.5. The average molecular weight is 423 g/mol. The third-order valence-corrected chi connectivity index (χ3v) is 4.99. The van der Waals surface area contributed by atoms with Gasteiger partial charge in [0.1, 0.15) is 23.1 Å². The first-order valence-electron chi connectivity index (χ1n) is 10.0. The zero-order valence-corrected chi connectivity index (χ0v) is 17.4. The second-order valence-electron chi connectivity index (χ2n) is 8.07. The zero-order valence-electron chi connectivity index (χ0n) is 17.4. The largest absolute Gasteiger partial charge is 0.487 e. The number of nitrogens with one attached hydrogen (secondary N) is 2. The minimum absolute atomic E-state index is 0.110. The molecule has 9 heteroatoms. The SMILES string of the molecule is CC(C)(O)C(=O)N1CC(Oc2ccc(NC(=O)NCc3ccn4ccnc4c3)cc2)C1. The molecule has 0 unspecified atom stereocenters. The van der Waals surface area contributed by atoms with Crippen molar-refractivity contribution in [2.24, 2.45) is 0 Å². The number of hydrogen-bond acceptors (Lipinski definition) is 5. The lowest BCUT2D eigenvalue weighted by Crippen LogP contribution is -2.60. The van der Waals surface area contributed by atoms with Crippen LogP contribution in [0.1, 0.15) is 19.4 Å². The van der Waals surface area contributed by atoms with E-state index < -0.39 is 5.60 Å². The normalized spacial score (nSPS) is 14.2. The molecule has 0 atom stereocenters. The maximum absolute atomic E-state index is 12.2. The van der Waals surface area contributed by atoms with E-state index in [2.05, 4.69) is 15.6 Å². The highest BCUT2D eigenvalue weighted by molar-refractivity contribution is 5.89. The molecule has 3 N–H and O–H groups in total. The van der Waals surface area contributed by atoms with Crippen LogP contribution in [-0.4, -0.2) is 56.1 Å². The van der Waals surface area contributed by atoms with Crippen molar-refractivity contribution in [2.45, 2.75) is 32.1 Å². The summed E-state index contributed by atoms with van der Waals surface area (Å²) in [4.78, 5) is 29.9. The highest BCUT2D eigenvalue weighted by Crippen LogP contribution is 2.22. The van der Waals surface area contributed by atoms with Gasteiger partial charge in [-0.15, -0.1) is 0 Å². The summed E-state index contributed by atoms with van der Waals surface area (Å²) in [6.45, 7) is 4.22. The molecule has 1 aromatic carbocycles. The average Bonchev–Trinajstić information content (AvgIpc) is 3.17. The molecule has 9 nitrogen and oxygen atoms in total. The minimum Gasteiger partial charge on any atom is -0.487 e. The molecule has 1 fully saturated rings. The Labute approximate surface area is 179 Å². The molecule has 0 aliphatic carbocycles. The Hall–Kier alpha value is -3.59. The lowest BCUT2D eigenvalue weighted by molar-refractivity contribution is -0.156. The number of likely N-dealkylation sites (tertiary alicyclic amines) is 1. The van der Waals surface area contributed by atoms with Crippen LogP contribution in [0.15, 0.2) is 55.0 Å². The number of imidazole rings is 1. The van der Waals surface area contributed by atoms with Crippen molar-refractivity contribution in [3.63, 3.8) is 0 Å². The fourth-order valence-electron chi connectivity index (χ4n) is 3.29. The third-order valence-electron chi connectivity index (χ3n) is 4.99. The number of pyridine rings is 1. The Morgan fingerprint density at radius 1 is 1.19 bits per heavy atom. The number of ether oxygens (including phenoxy) is 1. The fourth-order valence-corrected chi connectivity index (χ4v) is 3.29. The van der Waals surface area contributed by atoms with Gasteiger partial charge in [0, 0.05) is 30.8 Å². The predicted octanol–water partition coefficient (Wildman–Crippen LogP) is 2.02. The van der Waals surface area contributed by atoms with Crippen LogP contribution in [0, 0.1) is 0 Å². The van der Waals surface area contributed by atoms with Gasteiger partial charge in [0.15, 0.2) is 0 Å². The van der Waals surface area contributed by atoms with E-state index in [4.69, 9.17) is 4.74 Å². The molecule has 0 bridgehead atoms. The second-order valence-corrected chi connectivity index (χ2v) is 8.07. The number of hydrogen-bond donors (Lipinski definition) is 3. The van der Waals surface area contributed by atoms with Crippen LogP contribution < -0.4 is 15.4 Å². The number of urea groups is 1. The van der Waals surface area contributed by atoms with Crippen molar-refractivity contribution in [3.05, 3.63) is 60.6 Å². The van der Waals surface area contributed by atoms with Crippen molar-refractivity contribution in [3.8, 4) is 5.75 Å². The van der Waals surface area contributed by atoms with E-state index in [-0.39, 0.29) is 18.0 Å². The first-order chi connectivity index (χ1) is 14.8. The Kier molecular flexibility index (Phi) is 5.51. The summed E-state index contributed by atoms with van der Waals surface area (Å²) >= 11 is 0. The summed E-state index contributed by atoms with van der Waals surface area (Å²) in [5.74, 6) is 0.349. The number of carbonyl (C=O) groups excluding carboxylic acids is 2. The molecule has 31 heavy (non-hydrogen) atoms. The molecule has 0 saturated carbocycles. The number of fused-ring (bicyclic) bond motifs is 1. The van der Waals surface area contributed by atoms with Crippen molar-refractivity contribution >= 4 is 23.3 Å². The first-order valence-corrected chi connectivity index (χ1v) is 10.0. The van der Waals surface area contributed by atoms with Gasteiger partial charge in [0.05, 0.1) is 13.1 Å². The number of aromatic nitrogens is 2. The van der Waals surface area contributed by atoms with Gasteiger partial charge >= 0.3 is 6.03 Å². The summed E-state index contributed by atoms with van der Waals surface area (Å²) in [6.07, 6.45) is 5.38. The van der Waals surface area contributed by atoms with Gasteiger partial charge in [-0.1, -0.05) is 0 Å². The molecular weight excluding hydrogens is 398 g/mol. The summed E-state index contributed by atoms with van der Waals surface area (Å²) in [6, 6.07) is 10.6. The quantitative estimate of drug-likeness (QED) is 0.562. The summed E-state index contributed by atoms with van der Waals surface area (Å²) in [5.41, 5.74) is 1.05. The van der Waals surface area contributed by atoms with Crippen molar-refractivity contribution in [1.82, 2.24) is 19.6 Å². The van der Waals surface area contributed by atoms with E-state index in [9.17, 15) is 14.7 Å². The van der Waals surface area contributed by atoms with Crippen molar-refractivity contribution < 1.29 is 19.4 Å². The topological polar surface area (TPSA) is 108 Å². The van der Waals surface area contributed by atoms with Crippen LogP contribution in [-0.2, 0) is 11.3 Å². The molecule has 1 saturated heterocycles. The Balaban J connectivity index is 1.22. The smallest absolute Gasteiger partial charge is 0.319 e. The molecule has 3 aromatic rings. The highest BCUT2D eigenvalue weighted by Gasteiger charge is 2.38. The maximum Gasteiger partial charge on any atom is 0.319 e. The van der Waals surface area contributed by atoms with E-state index in [1.54, 1.807) is 35.4 Å². The summed E-state index contributed by atoms with van der Waals surface area (Å²) in [5, 5.41) is 15.4. The monoisotopic (exact) mass is 423 g/mol. The molecule has 0 radical (unpaired) electrons. The number of carbonyl (C=O) groups is 2. The van der Waals surface area contributed by atoms with E-state index in [0.717, 1.165) is 11.2 Å². The molecule has 162 valence electrons. The maximum atomic E-state index is 12.2. The van der Waals surface area contributed by atoms with Gasteiger partial charge < -0.3 is 29.8 Å². The summed E-state index contributed by atoms with van der Waals surface area (Å²) in [7, 11) is 0. The molecule has 3 amide bonds. The van der Waals surface area contributed by atoms with Crippen LogP contribution >= 0.6 is 0 Å². The first kappa shape index (κ1) is 20.7. The van der Waals surface area contributed by atoms with Gasteiger partial charge in [0.2, 0.25) is 0 Å². The molecule has 1 aliphatic rings. The van der Waals surface area contributed by atoms with Gasteiger partial charge in [-0.3, -0.25) is 4.79 Å². The number of aliphatic hydroxyl groups is 1. The van der Waals surface area contributed by atoms with Gasteiger partial charge in [0.25, 0.3) is 5.91 Å². The second kappa shape index (κ2) is 8.27. The molecule has 2 aromatic heterocycles. The van der Waals surface area contributed by atoms with E-state index >= 15 is 0 Å². The Bertz CT molecular complexity index is 1080. The number of rotatable bonds is 6. The third kappa shape index (κ3) is 4.95. The van der Waals surface area contributed by atoms with Crippen molar-refractivity contribution in [2.75, 3.05) is 18.4 Å². The molecule has 1 aliphatic heterocycles. The molecular formula is C22H25N5O4. The number of anilines is 1. The van der Waals surface area contributed by atoms with Gasteiger partial charge in [-0.25, -0.2) is 9.78 Å². The van der Waals surface area contributed by atoms with Gasteiger partial charge in [-0.05, 0) is 55.8 Å². The molecule has 0 spiro atoms. The van der Waals surface area contributed by atoms with Crippen molar-refractivity contribution in [1.29, 1.82) is 0 Å². The van der Waals surface area contributed by atoms with Gasteiger partial charge in [-0.2, -0.15) is 0 Å². The standard InChI is InChI=1S/C22H25N5O4/c1-22(2,30)20(28)27-13-18(14-27)31-17-5-3-16(4-6-17)25-21(29)24-12-15-7-9-26-10-8-23-19(26)11-15/h3-11,18,30H,12-14H2,1-2H3,(H2,24,25,29). The van der Waals surface area contributed by atoms with Crippen LogP contribution in [0.2, 0.25) is 0 Å². The Morgan fingerprint density at radius 3 is 2.65 bits per heavy atom. The number of nitrogens with zero attached hydrogens (tertiary/aromatic N) is 3. The summed E-state index contributed by atoms with van der Waals surface area (Å²) < 4.78 is 7.73. The van der Waals surface area contributed by atoms with E-state index in [1.807, 2.05) is 28.9 Å². The molecule has 3 heterocycles. The zero-order chi connectivity index (χ0) is 22.0. The predicted molar refractivity (Wildman–Crippen MR) is 115 cm³/mol. The lowest BCUT2D eigenvalue weighted by Gasteiger charge is -2.41. The van der Waals surface area contributed by atoms with E-state index in [1.165, 1.54) is 13.8 Å². The minimum atomic E-state index is -1.37. The number of amides is 3. The van der Waals surface area contributed by atoms with Crippen LogP contribution in [0.25, 0.3) is 5.65 Å². The van der Waals surface area contributed by atoms with Crippen LogP contribution in [0.4, 0.5) is 10.5 Å². The molecule has 4 rings (SSSR count). The fraction of sp³-hybridized carbons (Fsp3) is 0.318. The van der Waals surface area contributed by atoms with Crippen LogP contribution in [0.3, 0.4) is 0 Å². The Morgan fingerprint density at radius 2 is 1.94 bits per heavy atom. The number of benzene rings is 1. The van der Waals surface area contributed by atoms with E-state index in [0.29, 0.717) is 31.1 Å².